The molecule has 3 aromatic rings. The van der Waals surface area contributed by atoms with Crippen molar-refractivity contribution in [3.8, 4) is 0 Å². The summed E-state index contributed by atoms with van der Waals surface area (Å²) in [5.41, 5.74) is 1.99. The highest BCUT2D eigenvalue weighted by molar-refractivity contribution is 9.10. The van der Waals surface area contributed by atoms with Crippen LogP contribution in [0.2, 0.25) is 0 Å². The zero-order valence-corrected chi connectivity index (χ0v) is 14.1. The Balaban J connectivity index is 1.53. The van der Waals surface area contributed by atoms with E-state index in [1.54, 1.807) is 0 Å². The Hall–Kier alpha value is -2.33. The number of hydrogen-bond acceptors (Lipinski definition) is 1. The van der Waals surface area contributed by atoms with Crippen molar-refractivity contribution in [1.29, 1.82) is 0 Å². The molecule has 0 unspecified atom stereocenters. The van der Waals surface area contributed by atoms with Crippen LogP contribution in [0, 0.1) is 0 Å². The summed E-state index contributed by atoms with van der Waals surface area (Å²) in [4.78, 5) is 12.0. The summed E-state index contributed by atoms with van der Waals surface area (Å²) < 4.78 is 1.06. The monoisotopic (exact) mass is 368 g/mol. The number of hydrogen-bond donors (Lipinski definition) is 2. The van der Waals surface area contributed by atoms with Gasteiger partial charge in [0.1, 0.15) is 0 Å². The van der Waals surface area contributed by atoms with Crippen molar-refractivity contribution in [2.45, 2.75) is 6.42 Å². The molecular weight excluding hydrogens is 352 g/mol. The minimum absolute atomic E-state index is 0.183. The van der Waals surface area contributed by atoms with Crippen LogP contribution in [0.15, 0.2) is 71.2 Å². The number of anilines is 1. The van der Waals surface area contributed by atoms with Crippen LogP contribution < -0.4 is 10.6 Å². The Morgan fingerprint density at radius 2 is 1.65 bits per heavy atom. The molecule has 0 radical (unpaired) electrons. The highest BCUT2D eigenvalue weighted by Crippen LogP contribution is 2.18. The highest BCUT2D eigenvalue weighted by Gasteiger charge is 2.02. The van der Waals surface area contributed by atoms with Gasteiger partial charge in [-0.25, -0.2) is 4.79 Å². The Kier molecular flexibility index (Phi) is 4.93. The first kappa shape index (κ1) is 15.6. The van der Waals surface area contributed by atoms with E-state index in [9.17, 15) is 4.79 Å². The molecule has 3 rings (SSSR count). The van der Waals surface area contributed by atoms with Gasteiger partial charge in [0.15, 0.2) is 0 Å². The van der Waals surface area contributed by atoms with E-state index >= 15 is 0 Å². The minimum Gasteiger partial charge on any atom is -0.338 e. The third-order valence-electron chi connectivity index (χ3n) is 3.62. The van der Waals surface area contributed by atoms with Gasteiger partial charge >= 0.3 is 6.03 Å². The van der Waals surface area contributed by atoms with Crippen molar-refractivity contribution in [2.75, 3.05) is 11.9 Å². The zero-order chi connectivity index (χ0) is 16.1. The van der Waals surface area contributed by atoms with Gasteiger partial charge in [-0.15, -0.1) is 0 Å². The number of benzene rings is 3. The standard InChI is InChI=1S/C19H17BrN2O/c20-17-8-5-14(6-9-17)11-12-21-19(23)22-18-10-7-15-3-1-2-4-16(15)13-18/h1-10,13H,11-12H2,(H2,21,22,23). The highest BCUT2D eigenvalue weighted by atomic mass is 79.9. The van der Waals surface area contributed by atoms with Gasteiger partial charge in [0.2, 0.25) is 0 Å². The maximum Gasteiger partial charge on any atom is 0.319 e. The van der Waals surface area contributed by atoms with Crippen molar-refractivity contribution in [1.82, 2.24) is 5.32 Å². The lowest BCUT2D eigenvalue weighted by molar-refractivity contribution is 0.252. The molecule has 0 aliphatic heterocycles. The number of carbonyl (C=O) groups is 1. The summed E-state index contributed by atoms with van der Waals surface area (Å²) in [7, 11) is 0. The molecule has 3 nitrogen and oxygen atoms in total. The molecule has 116 valence electrons. The van der Waals surface area contributed by atoms with E-state index in [4.69, 9.17) is 0 Å². The van der Waals surface area contributed by atoms with E-state index < -0.39 is 0 Å². The molecule has 0 saturated heterocycles. The summed E-state index contributed by atoms with van der Waals surface area (Å²) in [5, 5.41) is 8.02. The average molecular weight is 369 g/mol. The minimum atomic E-state index is -0.183. The lowest BCUT2D eigenvalue weighted by Gasteiger charge is -2.09. The number of halogens is 1. The SMILES string of the molecule is O=C(NCCc1ccc(Br)cc1)Nc1ccc2ccccc2c1. The number of rotatable bonds is 4. The zero-order valence-electron chi connectivity index (χ0n) is 12.6. The second kappa shape index (κ2) is 7.29. The van der Waals surface area contributed by atoms with Crippen molar-refractivity contribution in [3.63, 3.8) is 0 Å². The van der Waals surface area contributed by atoms with E-state index in [1.807, 2.05) is 60.7 Å². The van der Waals surface area contributed by atoms with Gasteiger partial charge in [-0.05, 0) is 47.0 Å². The van der Waals surface area contributed by atoms with E-state index in [0.717, 1.165) is 27.4 Å². The molecule has 0 aliphatic carbocycles. The van der Waals surface area contributed by atoms with E-state index in [0.29, 0.717) is 6.54 Å². The molecule has 0 heterocycles. The largest absolute Gasteiger partial charge is 0.338 e. The predicted octanol–water partition coefficient (Wildman–Crippen LogP) is 4.97. The number of fused-ring (bicyclic) bond motifs is 1. The summed E-state index contributed by atoms with van der Waals surface area (Å²) in [6.45, 7) is 0.598. The molecule has 0 aliphatic rings. The predicted molar refractivity (Wildman–Crippen MR) is 98.8 cm³/mol. The quantitative estimate of drug-likeness (QED) is 0.670. The van der Waals surface area contributed by atoms with E-state index in [1.165, 1.54) is 5.56 Å². The van der Waals surface area contributed by atoms with Crippen LogP contribution >= 0.6 is 15.9 Å². The van der Waals surface area contributed by atoms with E-state index in [2.05, 4.69) is 32.6 Å². The molecule has 0 saturated carbocycles. The molecule has 0 atom stereocenters. The Labute approximate surface area is 143 Å². The molecule has 23 heavy (non-hydrogen) atoms. The fraction of sp³-hybridized carbons (Fsp3) is 0.105. The second-order valence-electron chi connectivity index (χ2n) is 5.32. The molecule has 2 amide bonds. The first-order valence-electron chi connectivity index (χ1n) is 7.49. The van der Waals surface area contributed by atoms with Crippen molar-refractivity contribution in [3.05, 3.63) is 76.8 Å². The second-order valence-corrected chi connectivity index (χ2v) is 6.23. The van der Waals surface area contributed by atoms with Gasteiger partial charge in [0.25, 0.3) is 0 Å². The van der Waals surface area contributed by atoms with Crippen molar-refractivity contribution in [2.24, 2.45) is 0 Å². The fourth-order valence-corrected chi connectivity index (χ4v) is 2.68. The molecule has 0 fully saturated rings. The molecular formula is C19H17BrN2O. The topological polar surface area (TPSA) is 41.1 Å². The molecule has 3 aromatic carbocycles. The van der Waals surface area contributed by atoms with Gasteiger partial charge in [-0.2, -0.15) is 0 Å². The van der Waals surface area contributed by atoms with Crippen LogP contribution in [-0.4, -0.2) is 12.6 Å². The molecule has 0 bridgehead atoms. The van der Waals surface area contributed by atoms with Crippen molar-refractivity contribution >= 4 is 38.4 Å². The lowest BCUT2D eigenvalue weighted by atomic mass is 10.1. The molecule has 2 N–H and O–H groups in total. The van der Waals surface area contributed by atoms with Gasteiger partial charge in [-0.1, -0.05) is 58.4 Å². The first-order chi connectivity index (χ1) is 11.2. The summed E-state index contributed by atoms with van der Waals surface area (Å²) in [6, 6.07) is 21.9. The van der Waals surface area contributed by atoms with Gasteiger partial charge in [-0.3, -0.25) is 0 Å². The third-order valence-corrected chi connectivity index (χ3v) is 4.15. The Bertz CT molecular complexity index is 815. The molecule has 4 heteroatoms. The normalized spacial score (nSPS) is 10.5. The van der Waals surface area contributed by atoms with Crippen LogP contribution in [0.5, 0.6) is 0 Å². The maximum absolute atomic E-state index is 12.0. The Morgan fingerprint density at radius 1 is 0.913 bits per heavy atom. The molecule has 0 aromatic heterocycles. The van der Waals surface area contributed by atoms with Gasteiger partial charge in [0, 0.05) is 16.7 Å². The van der Waals surface area contributed by atoms with Crippen LogP contribution in [-0.2, 0) is 6.42 Å². The Morgan fingerprint density at radius 3 is 2.43 bits per heavy atom. The lowest BCUT2D eigenvalue weighted by Crippen LogP contribution is -2.30. The third kappa shape index (κ3) is 4.33. The molecule has 0 spiro atoms. The number of urea groups is 1. The average Bonchev–Trinajstić information content (AvgIpc) is 2.56. The number of carbonyl (C=O) groups excluding carboxylic acids is 1. The maximum atomic E-state index is 12.0. The summed E-state index contributed by atoms with van der Waals surface area (Å²) in [5.74, 6) is 0. The van der Waals surface area contributed by atoms with Crippen molar-refractivity contribution < 1.29 is 4.79 Å². The van der Waals surface area contributed by atoms with Crippen LogP contribution in [0.25, 0.3) is 10.8 Å². The van der Waals surface area contributed by atoms with Gasteiger partial charge < -0.3 is 10.6 Å². The van der Waals surface area contributed by atoms with Gasteiger partial charge in [0.05, 0.1) is 0 Å². The summed E-state index contributed by atoms with van der Waals surface area (Å²) in [6.07, 6.45) is 0.804. The smallest absolute Gasteiger partial charge is 0.319 e. The number of amides is 2. The van der Waals surface area contributed by atoms with E-state index in [-0.39, 0.29) is 6.03 Å². The first-order valence-corrected chi connectivity index (χ1v) is 8.28. The summed E-state index contributed by atoms with van der Waals surface area (Å²) >= 11 is 3.41. The van der Waals surface area contributed by atoms with Crippen LogP contribution in [0.3, 0.4) is 0 Å². The van der Waals surface area contributed by atoms with Crippen LogP contribution in [0.1, 0.15) is 5.56 Å². The van der Waals surface area contributed by atoms with Crippen LogP contribution in [0.4, 0.5) is 10.5 Å². The number of nitrogens with one attached hydrogen (secondary N) is 2. The fourth-order valence-electron chi connectivity index (χ4n) is 2.41.